The van der Waals surface area contributed by atoms with Gasteiger partial charge >= 0.3 is 12.1 Å². The number of rotatable bonds is 3. The highest BCUT2D eigenvalue weighted by atomic mass is 19.3. The van der Waals surface area contributed by atoms with Gasteiger partial charge in [-0.1, -0.05) is 0 Å². The van der Waals surface area contributed by atoms with Crippen LogP contribution in [0.15, 0.2) is 0 Å². The van der Waals surface area contributed by atoms with Gasteiger partial charge in [-0.2, -0.15) is 0 Å². The molecule has 2 aliphatic rings. The van der Waals surface area contributed by atoms with Crippen molar-refractivity contribution in [3.8, 4) is 0 Å². The number of carbonyl (C=O) groups is 2. The fourth-order valence-corrected chi connectivity index (χ4v) is 2.94. The minimum Gasteiger partial charge on any atom is -0.480 e. The quantitative estimate of drug-likeness (QED) is 0.836. The average Bonchev–Trinajstić information content (AvgIpc) is 2.63. The van der Waals surface area contributed by atoms with Gasteiger partial charge in [0, 0.05) is 11.8 Å². The van der Waals surface area contributed by atoms with Crippen LogP contribution in [0, 0.1) is 17.8 Å². The lowest BCUT2D eigenvalue weighted by Gasteiger charge is -2.25. The predicted octanol–water partition coefficient (Wildman–Crippen LogP) is 2.26. The maximum absolute atomic E-state index is 13.1. The van der Waals surface area contributed by atoms with Crippen molar-refractivity contribution in [2.75, 3.05) is 0 Å². The fraction of sp³-hybridized carbons (Fsp3) is 0.846. The normalized spacial score (nSPS) is 32.1. The monoisotopic (exact) mass is 291 g/mol. The Bertz CT molecular complexity index is 419. The van der Waals surface area contributed by atoms with Crippen LogP contribution in [0.5, 0.6) is 0 Å². The van der Waals surface area contributed by atoms with Crippen LogP contribution in [-0.2, 0) is 9.53 Å². The molecule has 1 amide bonds. The zero-order valence-corrected chi connectivity index (χ0v) is 11.7. The van der Waals surface area contributed by atoms with Crippen LogP contribution in [0.4, 0.5) is 13.6 Å². The first kappa shape index (κ1) is 15.0. The van der Waals surface area contributed by atoms with Crippen LogP contribution >= 0.6 is 0 Å². The van der Waals surface area contributed by atoms with E-state index in [0.29, 0.717) is 0 Å². The number of nitrogens with one attached hydrogen (secondary N) is 1. The second-order valence-electron chi connectivity index (χ2n) is 6.58. The zero-order chi connectivity index (χ0) is 15.3. The van der Waals surface area contributed by atoms with E-state index in [9.17, 15) is 18.4 Å². The second-order valence-corrected chi connectivity index (χ2v) is 6.58. The smallest absolute Gasteiger partial charge is 0.408 e. The molecule has 0 bridgehead atoms. The molecule has 2 N–H and O–H groups in total. The van der Waals surface area contributed by atoms with E-state index in [-0.39, 0.29) is 12.8 Å². The van der Waals surface area contributed by atoms with Gasteiger partial charge in [0.2, 0.25) is 0 Å². The molecule has 2 saturated carbocycles. The molecule has 0 aromatic rings. The van der Waals surface area contributed by atoms with Crippen molar-refractivity contribution < 1.29 is 28.2 Å². The standard InChI is InChI=1S/C13H19F2NO4/c1-12(2,3)20-11(19)16-9(10(17)18)6-4-7-8(5-6)13(7,14)15/h6-9H,4-5H2,1-3H3,(H,16,19)(H,17,18)/t6-,7-,8+,9?. The molecule has 0 radical (unpaired) electrons. The summed E-state index contributed by atoms with van der Waals surface area (Å²) < 4.78 is 31.2. The summed E-state index contributed by atoms with van der Waals surface area (Å²) in [6, 6.07) is -1.17. The van der Waals surface area contributed by atoms with Crippen molar-refractivity contribution in [3.05, 3.63) is 0 Å². The number of fused-ring (bicyclic) bond motifs is 1. The third kappa shape index (κ3) is 2.86. The molecule has 0 aromatic carbocycles. The highest BCUT2D eigenvalue weighted by molar-refractivity contribution is 5.80. The van der Waals surface area contributed by atoms with Gasteiger partial charge in [0.15, 0.2) is 0 Å². The number of hydrogen-bond donors (Lipinski definition) is 2. The minimum atomic E-state index is -2.65. The maximum atomic E-state index is 13.1. The average molecular weight is 291 g/mol. The van der Waals surface area contributed by atoms with Crippen molar-refractivity contribution in [2.24, 2.45) is 17.8 Å². The van der Waals surface area contributed by atoms with Gasteiger partial charge < -0.3 is 15.2 Å². The number of aliphatic carboxylic acids is 1. The maximum Gasteiger partial charge on any atom is 0.408 e. The number of ether oxygens (including phenoxy) is 1. The molecule has 0 aromatic heterocycles. The molecule has 1 unspecified atom stereocenters. The number of carboxylic acid groups (broad SMARTS) is 1. The van der Waals surface area contributed by atoms with Crippen LogP contribution in [0.3, 0.4) is 0 Å². The molecule has 0 saturated heterocycles. The second kappa shape index (κ2) is 4.56. The summed E-state index contributed by atoms with van der Waals surface area (Å²) in [6.07, 6.45) is -0.577. The van der Waals surface area contributed by atoms with E-state index in [1.165, 1.54) is 0 Å². The van der Waals surface area contributed by atoms with Gasteiger partial charge in [0.25, 0.3) is 5.92 Å². The van der Waals surface area contributed by atoms with Crippen molar-refractivity contribution in [3.63, 3.8) is 0 Å². The molecule has 2 rings (SSSR count). The molecule has 2 aliphatic carbocycles. The summed E-state index contributed by atoms with van der Waals surface area (Å²) in [6.45, 7) is 4.98. The summed E-state index contributed by atoms with van der Waals surface area (Å²) in [7, 11) is 0. The van der Waals surface area contributed by atoms with E-state index in [1.54, 1.807) is 20.8 Å². The molecule has 0 aliphatic heterocycles. The lowest BCUT2D eigenvalue weighted by molar-refractivity contribution is -0.141. The third-order valence-electron chi connectivity index (χ3n) is 3.89. The Morgan fingerprint density at radius 1 is 1.30 bits per heavy atom. The molecule has 0 heterocycles. The highest BCUT2D eigenvalue weighted by Crippen LogP contribution is 2.66. The summed E-state index contributed by atoms with van der Waals surface area (Å²) in [5.41, 5.74) is -0.738. The Kier molecular flexibility index (Phi) is 3.42. The van der Waals surface area contributed by atoms with Crippen molar-refractivity contribution in [1.82, 2.24) is 5.32 Å². The summed E-state index contributed by atoms with van der Waals surface area (Å²) in [5.74, 6) is -5.78. The van der Waals surface area contributed by atoms with Gasteiger partial charge in [0.05, 0.1) is 0 Å². The van der Waals surface area contributed by atoms with Crippen LogP contribution < -0.4 is 5.32 Å². The third-order valence-corrected chi connectivity index (χ3v) is 3.89. The number of carboxylic acids is 1. The summed E-state index contributed by atoms with van der Waals surface area (Å²) >= 11 is 0. The van der Waals surface area contributed by atoms with Crippen LogP contribution in [0.2, 0.25) is 0 Å². The minimum absolute atomic E-state index is 0.129. The Balaban J connectivity index is 1.93. The number of carbonyl (C=O) groups excluding carboxylic acids is 1. The number of halogens is 2. The Morgan fingerprint density at radius 3 is 2.20 bits per heavy atom. The van der Waals surface area contributed by atoms with E-state index >= 15 is 0 Å². The molecular weight excluding hydrogens is 272 g/mol. The van der Waals surface area contributed by atoms with E-state index in [0.717, 1.165) is 0 Å². The van der Waals surface area contributed by atoms with Gasteiger partial charge in [-0.15, -0.1) is 0 Å². The van der Waals surface area contributed by atoms with Crippen LogP contribution in [0.25, 0.3) is 0 Å². The molecule has 4 atom stereocenters. The molecular formula is C13H19F2NO4. The first-order chi connectivity index (χ1) is 9.02. The largest absolute Gasteiger partial charge is 0.480 e. The Morgan fingerprint density at radius 2 is 1.80 bits per heavy atom. The fourth-order valence-electron chi connectivity index (χ4n) is 2.94. The topological polar surface area (TPSA) is 75.6 Å². The van der Waals surface area contributed by atoms with Gasteiger partial charge in [-0.3, -0.25) is 0 Å². The Hall–Kier alpha value is -1.40. The van der Waals surface area contributed by atoms with Crippen molar-refractivity contribution in [2.45, 2.75) is 51.2 Å². The number of amides is 1. The predicted molar refractivity (Wildman–Crippen MR) is 65.4 cm³/mol. The molecule has 20 heavy (non-hydrogen) atoms. The van der Waals surface area contributed by atoms with Crippen LogP contribution in [0.1, 0.15) is 33.6 Å². The van der Waals surface area contributed by atoms with E-state index in [4.69, 9.17) is 9.84 Å². The first-order valence-electron chi connectivity index (χ1n) is 6.62. The van der Waals surface area contributed by atoms with Crippen LogP contribution in [-0.4, -0.2) is 34.7 Å². The number of alkyl carbamates (subject to hydrolysis) is 1. The summed E-state index contributed by atoms with van der Waals surface area (Å²) in [4.78, 5) is 22.8. The Labute approximate surface area is 115 Å². The van der Waals surface area contributed by atoms with Crippen molar-refractivity contribution in [1.29, 1.82) is 0 Å². The summed E-state index contributed by atoms with van der Waals surface area (Å²) in [5, 5.41) is 11.4. The molecule has 114 valence electrons. The molecule has 7 heteroatoms. The van der Waals surface area contributed by atoms with E-state index in [1.807, 2.05) is 0 Å². The molecule has 5 nitrogen and oxygen atoms in total. The first-order valence-corrected chi connectivity index (χ1v) is 6.62. The molecule has 2 fully saturated rings. The number of alkyl halides is 2. The number of hydrogen-bond acceptors (Lipinski definition) is 3. The van der Waals surface area contributed by atoms with E-state index in [2.05, 4.69) is 5.32 Å². The van der Waals surface area contributed by atoms with E-state index < -0.39 is 47.4 Å². The van der Waals surface area contributed by atoms with Gasteiger partial charge in [-0.25, -0.2) is 18.4 Å². The van der Waals surface area contributed by atoms with Gasteiger partial charge in [-0.05, 0) is 39.5 Å². The SMILES string of the molecule is CC(C)(C)OC(=O)NC(C(=O)O)[C@@H]1C[C@@H]2[C@H](C1)C2(F)F. The lowest BCUT2D eigenvalue weighted by Crippen LogP contribution is -2.47. The highest BCUT2D eigenvalue weighted by Gasteiger charge is 2.72. The lowest BCUT2D eigenvalue weighted by atomic mass is 9.94. The van der Waals surface area contributed by atoms with Crippen molar-refractivity contribution >= 4 is 12.1 Å². The zero-order valence-electron chi connectivity index (χ0n) is 11.7. The van der Waals surface area contributed by atoms with Gasteiger partial charge in [0.1, 0.15) is 11.6 Å². The molecule has 0 spiro atoms.